The Bertz CT molecular complexity index is 409. The minimum atomic E-state index is -0.368. The maximum absolute atomic E-state index is 10.9. The molecular weight excluding hydrogens is 276 g/mol. The van der Waals surface area contributed by atoms with E-state index in [0.29, 0.717) is 0 Å². The highest BCUT2D eigenvalue weighted by Crippen LogP contribution is 1.87. The normalized spacial score (nSPS) is 8.48. The minimum absolute atomic E-state index is 0.0701. The van der Waals surface area contributed by atoms with Crippen molar-refractivity contribution in [2.24, 2.45) is 16.0 Å². The second-order valence-electron chi connectivity index (χ2n) is 4.39. The van der Waals surface area contributed by atoms with Crippen molar-refractivity contribution >= 4 is 29.1 Å². The number of hydrogen-bond donors (Lipinski definition) is 4. The Morgan fingerprint density at radius 2 is 1.24 bits per heavy atom. The zero-order valence-corrected chi connectivity index (χ0v) is 13.1. The highest BCUT2D eigenvalue weighted by molar-refractivity contribution is 5.85. The number of nitrogens with one attached hydrogen (secondary N) is 3. The molecule has 21 heavy (non-hydrogen) atoms. The summed E-state index contributed by atoms with van der Waals surface area (Å²) >= 11 is 0. The molecule has 9 heteroatoms. The summed E-state index contributed by atoms with van der Waals surface area (Å²) in [5, 5.41) is 7.32. The standard InChI is InChI=1S/C7H14N4O2.C5H10N2O/c1-5(2)10-11-7(13)4-3-6(12)9-8;1-4(2)6-7-5(3)8/h3-4,8H2,1-2H3,(H,9,12)(H,11,13);1-3H3,(H,7,8). The number of hydrazone groups is 2. The molecule has 120 valence electrons. The Morgan fingerprint density at radius 3 is 1.57 bits per heavy atom. The smallest absolute Gasteiger partial charge is 0.240 e. The van der Waals surface area contributed by atoms with Gasteiger partial charge in [0.1, 0.15) is 0 Å². The van der Waals surface area contributed by atoms with E-state index in [2.05, 4.69) is 21.1 Å². The van der Waals surface area contributed by atoms with Crippen molar-refractivity contribution in [2.75, 3.05) is 0 Å². The molecule has 9 nitrogen and oxygen atoms in total. The Hall–Kier alpha value is -2.29. The molecule has 0 saturated carbocycles. The summed E-state index contributed by atoms with van der Waals surface area (Å²) in [4.78, 5) is 31.7. The number of nitrogens with zero attached hydrogens (tertiary/aromatic N) is 2. The molecule has 3 amide bonds. The average molecular weight is 300 g/mol. The van der Waals surface area contributed by atoms with E-state index in [1.54, 1.807) is 13.8 Å². The summed E-state index contributed by atoms with van der Waals surface area (Å²) in [6.45, 7) is 8.57. The summed E-state index contributed by atoms with van der Waals surface area (Å²) in [7, 11) is 0. The average Bonchev–Trinajstić information content (AvgIpc) is 2.40. The maximum Gasteiger partial charge on any atom is 0.240 e. The molecule has 0 aromatic carbocycles. The van der Waals surface area contributed by atoms with Gasteiger partial charge in [0.05, 0.1) is 0 Å². The van der Waals surface area contributed by atoms with Crippen molar-refractivity contribution < 1.29 is 14.4 Å². The van der Waals surface area contributed by atoms with Crippen molar-refractivity contribution in [3.05, 3.63) is 0 Å². The predicted octanol–water partition coefficient (Wildman–Crippen LogP) is -0.213. The molecule has 0 atom stereocenters. The molecule has 0 bridgehead atoms. The first-order valence-electron chi connectivity index (χ1n) is 6.25. The van der Waals surface area contributed by atoms with E-state index in [-0.39, 0.29) is 30.6 Å². The van der Waals surface area contributed by atoms with Gasteiger partial charge in [-0.2, -0.15) is 10.2 Å². The van der Waals surface area contributed by atoms with E-state index in [0.717, 1.165) is 11.4 Å². The molecule has 0 saturated heterocycles. The van der Waals surface area contributed by atoms with Crippen molar-refractivity contribution in [1.29, 1.82) is 0 Å². The lowest BCUT2D eigenvalue weighted by molar-refractivity contribution is -0.126. The number of nitrogens with two attached hydrogens (primary N) is 1. The third-order valence-electron chi connectivity index (χ3n) is 1.58. The number of carbonyl (C=O) groups excluding carboxylic acids is 3. The minimum Gasteiger partial charge on any atom is -0.294 e. The van der Waals surface area contributed by atoms with Crippen LogP contribution in [0.5, 0.6) is 0 Å². The molecule has 0 fully saturated rings. The van der Waals surface area contributed by atoms with E-state index in [4.69, 9.17) is 5.84 Å². The van der Waals surface area contributed by atoms with E-state index in [1.807, 2.05) is 19.3 Å². The van der Waals surface area contributed by atoms with Crippen LogP contribution in [0.3, 0.4) is 0 Å². The molecule has 0 aromatic rings. The molecular formula is C12H24N6O3. The van der Waals surface area contributed by atoms with Crippen LogP contribution in [-0.4, -0.2) is 29.1 Å². The van der Waals surface area contributed by atoms with Crippen LogP contribution in [0.2, 0.25) is 0 Å². The van der Waals surface area contributed by atoms with Gasteiger partial charge in [0.2, 0.25) is 17.7 Å². The fraction of sp³-hybridized carbons (Fsp3) is 0.583. The van der Waals surface area contributed by atoms with Crippen LogP contribution in [0.1, 0.15) is 47.5 Å². The lowest BCUT2D eigenvalue weighted by Gasteiger charge is -1.99. The van der Waals surface area contributed by atoms with Crippen molar-refractivity contribution in [1.82, 2.24) is 16.3 Å². The van der Waals surface area contributed by atoms with Gasteiger partial charge in [0, 0.05) is 31.2 Å². The first-order chi connectivity index (χ1) is 9.68. The van der Waals surface area contributed by atoms with E-state index in [9.17, 15) is 14.4 Å². The van der Waals surface area contributed by atoms with Crippen molar-refractivity contribution in [3.8, 4) is 0 Å². The van der Waals surface area contributed by atoms with Gasteiger partial charge in [-0.25, -0.2) is 16.7 Å². The van der Waals surface area contributed by atoms with Gasteiger partial charge in [0.25, 0.3) is 0 Å². The zero-order valence-electron chi connectivity index (χ0n) is 13.1. The fourth-order valence-corrected chi connectivity index (χ4v) is 0.720. The van der Waals surface area contributed by atoms with Crippen LogP contribution in [0.25, 0.3) is 0 Å². The fourth-order valence-electron chi connectivity index (χ4n) is 0.720. The summed E-state index contributed by atoms with van der Waals surface area (Å²) in [5.74, 6) is 4.02. The first-order valence-corrected chi connectivity index (χ1v) is 6.25. The molecule has 0 radical (unpaired) electrons. The van der Waals surface area contributed by atoms with Crippen LogP contribution < -0.4 is 22.1 Å². The lowest BCUT2D eigenvalue weighted by atomic mass is 10.3. The first kappa shape index (κ1) is 21.0. The third-order valence-corrected chi connectivity index (χ3v) is 1.58. The molecule has 0 aliphatic carbocycles. The molecule has 0 aliphatic rings. The Labute approximate surface area is 124 Å². The molecule has 0 aromatic heterocycles. The highest BCUT2D eigenvalue weighted by Gasteiger charge is 2.03. The lowest BCUT2D eigenvalue weighted by Crippen LogP contribution is -2.31. The van der Waals surface area contributed by atoms with Gasteiger partial charge in [-0.05, 0) is 27.7 Å². The molecule has 0 unspecified atom stereocenters. The Balaban J connectivity index is 0. The second-order valence-corrected chi connectivity index (χ2v) is 4.39. The summed E-state index contributed by atoms with van der Waals surface area (Å²) in [5.41, 5.74) is 8.11. The van der Waals surface area contributed by atoms with Gasteiger partial charge >= 0.3 is 0 Å². The highest BCUT2D eigenvalue weighted by atomic mass is 16.2. The topological polar surface area (TPSA) is 138 Å². The van der Waals surface area contributed by atoms with Crippen LogP contribution in [0.4, 0.5) is 0 Å². The van der Waals surface area contributed by atoms with Crippen molar-refractivity contribution in [2.45, 2.75) is 47.5 Å². The van der Waals surface area contributed by atoms with Gasteiger partial charge in [0.15, 0.2) is 0 Å². The maximum atomic E-state index is 10.9. The summed E-state index contributed by atoms with van der Waals surface area (Å²) in [6, 6.07) is 0. The number of rotatable bonds is 5. The van der Waals surface area contributed by atoms with E-state index in [1.165, 1.54) is 6.92 Å². The Kier molecular flexibility index (Phi) is 12.7. The van der Waals surface area contributed by atoms with Gasteiger partial charge < -0.3 is 0 Å². The third kappa shape index (κ3) is 20.2. The summed E-state index contributed by atoms with van der Waals surface area (Å²) < 4.78 is 0. The van der Waals surface area contributed by atoms with Crippen LogP contribution >= 0.6 is 0 Å². The predicted molar refractivity (Wildman–Crippen MR) is 81.1 cm³/mol. The van der Waals surface area contributed by atoms with E-state index >= 15 is 0 Å². The zero-order chi connectivity index (χ0) is 16.8. The number of hydrazine groups is 1. The molecule has 0 aliphatic heterocycles. The van der Waals surface area contributed by atoms with Crippen LogP contribution in [0, 0.1) is 0 Å². The monoisotopic (exact) mass is 300 g/mol. The largest absolute Gasteiger partial charge is 0.294 e. The molecule has 5 N–H and O–H groups in total. The van der Waals surface area contributed by atoms with Crippen molar-refractivity contribution in [3.63, 3.8) is 0 Å². The number of amides is 3. The summed E-state index contributed by atoms with van der Waals surface area (Å²) in [6.07, 6.45) is 0.153. The molecule has 0 spiro atoms. The number of hydrogen-bond acceptors (Lipinski definition) is 6. The quantitative estimate of drug-likeness (QED) is 0.241. The van der Waals surface area contributed by atoms with Gasteiger partial charge in [-0.1, -0.05) is 0 Å². The Morgan fingerprint density at radius 1 is 0.810 bits per heavy atom. The van der Waals surface area contributed by atoms with Gasteiger partial charge in [-0.15, -0.1) is 0 Å². The SMILES string of the molecule is CC(=O)NN=C(C)C.CC(C)=NNC(=O)CCC(=O)NN. The van der Waals surface area contributed by atoms with Gasteiger partial charge in [-0.3, -0.25) is 19.8 Å². The molecule has 0 heterocycles. The van der Waals surface area contributed by atoms with Crippen LogP contribution in [-0.2, 0) is 14.4 Å². The second kappa shape index (κ2) is 12.7. The van der Waals surface area contributed by atoms with E-state index < -0.39 is 0 Å². The molecule has 0 rings (SSSR count). The number of carbonyl (C=O) groups is 3. The van der Waals surface area contributed by atoms with Crippen LogP contribution in [0.15, 0.2) is 10.2 Å².